The van der Waals surface area contributed by atoms with E-state index in [1.807, 2.05) is 12.1 Å². The first-order chi connectivity index (χ1) is 18.6. The Balaban J connectivity index is 1.45. The maximum atomic E-state index is 13.5. The van der Waals surface area contributed by atoms with E-state index in [2.05, 4.69) is 5.32 Å². The Morgan fingerprint density at radius 2 is 1.72 bits per heavy atom. The Bertz CT molecular complexity index is 1260. The predicted octanol–water partition coefficient (Wildman–Crippen LogP) is 4.13. The van der Waals surface area contributed by atoms with Crippen LogP contribution >= 0.6 is 11.6 Å². The molecule has 0 radical (unpaired) electrons. The summed E-state index contributed by atoms with van der Waals surface area (Å²) in [6.45, 7) is 2.90. The van der Waals surface area contributed by atoms with Crippen molar-refractivity contribution in [2.75, 3.05) is 30.3 Å². The van der Waals surface area contributed by atoms with E-state index < -0.39 is 16.1 Å². The molecule has 1 aliphatic carbocycles. The number of nitrogens with zero attached hydrogens (tertiary/aromatic N) is 2. The average molecular weight is 578 g/mol. The predicted molar refractivity (Wildman–Crippen MR) is 151 cm³/mol. The lowest BCUT2D eigenvalue weighted by Gasteiger charge is -2.30. The maximum absolute atomic E-state index is 13.5. The van der Waals surface area contributed by atoms with Gasteiger partial charge in [-0.15, -0.1) is 0 Å². The lowest BCUT2D eigenvalue weighted by Crippen LogP contribution is -2.49. The lowest BCUT2D eigenvalue weighted by molar-refractivity contribution is -0.141. The van der Waals surface area contributed by atoms with Crippen LogP contribution in [0.15, 0.2) is 42.5 Å². The van der Waals surface area contributed by atoms with Crippen LogP contribution in [0.25, 0.3) is 0 Å². The van der Waals surface area contributed by atoms with Gasteiger partial charge >= 0.3 is 0 Å². The fourth-order valence-corrected chi connectivity index (χ4v) is 6.04. The number of hydrogen-bond donors (Lipinski definition) is 1. The van der Waals surface area contributed by atoms with E-state index in [1.54, 1.807) is 42.2 Å². The van der Waals surface area contributed by atoms with Gasteiger partial charge in [-0.1, -0.05) is 36.6 Å². The summed E-state index contributed by atoms with van der Waals surface area (Å²) < 4.78 is 37.7. The molecule has 212 valence electrons. The molecule has 1 fully saturated rings. The molecular weight excluding hydrogens is 542 g/mol. The smallest absolute Gasteiger partial charge is 0.242 e. The molecule has 1 unspecified atom stereocenters. The second-order valence-electron chi connectivity index (χ2n) is 10.1. The largest absolute Gasteiger partial charge is 0.486 e. The third-order valence-electron chi connectivity index (χ3n) is 7.10. The van der Waals surface area contributed by atoms with Gasteiger partial charge in [-0.05, 0) is 56.0 Å². The van der Waals surface area contributed by atoms with Crippen LogP contribution in [-0.4, -0.2) is 63.2 Å². The number of fused-ring (bicyclic) bond motifs is 1. The van der Waals surface area contributed by atoms with Crippen molar-refractivity contribution in [3.8, 4) is 11.5 Å². The molecule has 2 aliphatic rings. The van der Waals surface area contributed by atoms with Crippen molar-refractivity contribution in [2.45, 2.75) is 64.1 Å². The number of rotatable bonds is 11. The van der Waals surface area contributed by atoms with E-state index in [4.69, 9.17) is 21.1 Å². The Morgan fingerprint density at radius 3 is 2.38 bits per heavy atom. The molecule has 4 rings (SSSR count). The third kappa shape index (κ3) is 7.79. The number of benzene rings is 2. The van der Waals surface area contributed by atoms with Crippen LogP contribution in [0.3, 0.4) is 0 Å². The summed E-state index contributed by atoms with van der Waals surface area (Å²) in [7, 11) is -3.62. The fourth-order valence-electron chi connectivity index (χ4n) is 4.95. The molecule has 39 heavy (non-hydrogen) atoms. The number of anilines is 1. The standard InChI is InChI=1S/C28H36ClN3O6S/c1-20(28(34)30-23-6-3-4-7-23)31(19-21-9-11-22(29)12-10-21)27(33)8-5-15-32(39(2,35)36)24-13-14-25-26(18-24)38-17-16-37-25/h9-14,18,20,23H,3-8,15-17,19H2,1-2H3,(H,30,34). The number of sulfonamides is 1. The minimum atomic E-state index is -3.62. The summed E-state index contributed by atoms with van der Waals surface area (Å²) in [4.78, 5) is 28.1. The molecule has 2 aromatic carbocycles. The second-order valence-corrected chi connectivity index (χ2v) is 12.4. The van der Waals surface area contributed by atoms with Gasteiger partial charge in [0.25, 0.3) is 0 Å². The van der Waals surface area contributed by atoms with E-state index in [9.17, 15) is 18.0 Å². The lowest BCUT2D eigenvalue weighted by atomic mass is 10.1. The molecule has 1 heterocycles. The molecule has 2 amide bonds. The van der Waals surface area contributed by atoms with E-state index in [0.717, 1.165) is 37.5 Å². The van der Waals surface area contributed by atoms with E-state index >= 15 is 0 Å². The van der Waals surface area contributed by atoms with Crippen molar-refractivity contribution in [3.63, 3.8) is 0 Å². The van der Waals surface area contributed by atoms with Crippen LogP contribution in [0.4, 0.5) is 5.69 Å². The molecule has 1 N–H and O–H groups in total. The van der Waals surface area contributed by atoms with Crippen molar-refractivity contribution in [2.24, 2.45) is 0 Å². The zero-order chi connectivity index (χ0) is 28.0. The first kappa shape index (κ1) is 29.0. The Hall–Kier alpha value is -2.98. The van der Waals surface area contributed by atoms with Crippen molar-refractivity contribution >= 4 is 39.1 Å². The highest BCUT2D eigenvalue weighted by atomic mass is 35.5. The first-order valence-corrected chi connectivity index (χ1v) is 15.6. The molecule has 0 bridgehead atoms. The number of amides is 2. The Labute approximate surface area is 235 Å². The highest BCUT2D eigenvalue weighted by Gasteiger charge is 2.29. The highest BCUT2D eigenvalue weighted by Crippen LogP contribution is 2.34. The van der Waals surface area contributed by atoms with Gasteiger partial charge in [0.1, 0.15) is 19.3 Å². The molecule has 0 saturated heterocycles. The van der Waals surface area contributed by atoms with Gasteiger partial charge < -0.3 is 19.7 Å². The number of carbonyl (C=O) groups excluding carboxylic acids is 2. The van der Waals surface area contributed by atoms with Crippen molar-refractivity contribution in [3.05, 3.63) is 53.1 Å². The topological polar surface area (TPSA) is 105 Å². The van der Waals surface area contributed by atoms with Gasteiger partial charge in [0.2, 0.25) is 21.8 Å². The molecule has 1 aliphatic heterocycles. The summed E-state index contributed by atoms with van der Waals surface area (Å²) in [5.41, 5.74) is 1.29. The Kier molecular flexibility index (Phi) is 9.61. The van der Waals surface area contributed by atoms with Crippen LogP contribution in [0, 0.1) is 0 Å². The van der Waals surface area contributed by atoms with E-state index in [-0.39, 0.29) is 43.8 Å². The molecule has 0 aromatic heterocycles. The van der Waals surface area contributed by atoms with Crippen LogP contribution < -0.4 is 19.1 Å². The van der Waals surface area contributed by atoms with E-state index in [1.165, 1.54) is 4.31 Å². The number of ether oxygens (including phenoxy) is 2. The molecule has 0 spiro atoms. The van der Waals surface area contributed by atoms with Crippen LogP contribution in [0.2, 0.25) is 5.02 Å². The van der Waals surface area contributed by atoms with Crippen molar-refractivity contribution in [1.82, 2.24) is 10.2 Å². The van der Waals surface area contributed by atoms with Gasteiger partial charge in [-0.3, -0.25) is 13.9 Å². The fraction of sp³-hybridized carbons (Fsp3) is 0.500. The minimum Gasteiger partial charge on any atom is -0.486 e. The molecule has 11 heteroatoms. The number of nitrogens with one attached hydrogen (secondary N) is 1. The van der Waals surface area contributed by atoms with Gasteiger partial charge in [0, 0.05) is 36.6 Å². The highest BCUT2D eigenvalue weighted by molar-refractivity contribution is 7.92. The minimum absolute atomic E-state index is 0.0746. The molecular formula is C28H36ClN3O6S. The Morgan fingerprint density at radius 1 is 1.05 bits per heavy atom. The van der Waals surface area contributed by atoms with Gasteiger partial charge in [0.15, 0.2) is 11.5 Å². The molecule has 1 saturated carbocycles. The van der Waals surface area contributed by atoms with Crippen molar-refractivity contribution < 1.29 is 27.5 Å². The quantitative estimate of drug-likeness (QED) is 0.430. The zero-order valence-corrected chi connectivity index (χ0v) is 24.0. The number of hydrogen-bond acceptors (Lipinski definition) is 6. The summed E-state index contributed by atoms with van der Waals surface area (Å²) in [5, 5.41) is 3.67. The third-order valence-corrected chi connectivity index (χ3v) is 8.55. The summed E-state index contributed by atoms with van der Waals surface area (Å²) in [6.07, 6.45) is 5.56. The van der Waals surface area contributed by atoms with Crippen LogP contribution in [0.5, 0.6) is 11.5 Å². The molecule has 1 atom stereocenters. The summed E-state index contributed by atoms with van der Waals surface area (Å²) >= 11 is 6.03. The number of carbonyl (C=O) groups is 2. The first-order valence-electron chi connectivity index (χ1n) is 13.3. The molecule has 9 nitrogen and oxygen atoms in total. The van der Waals surface area contributed by atoms with Gasteiger partial charge in [0.05, 0.1) is 11.9 Å². The monoisotopic (exact) mass is 577 g/mol. The second kappa shape index (κ2) is 12.9. The van der Waals surface area contributed by atoms with E-state index in [0.29, 0.717) is 35.4 Å². The SMILES string of the molecule is CC(C(=O)NC1CCCC1)N(Cc1ccc(Cl)cc1)C(=O)CCCN(c1ccc2c(c1)OCCO2)S(C)(=O)=O. The van der Waals surface area contributed by atoms with Crippen molar-refractivity contribution in [1.29, 1.82) is 0 Å². The zero-order valence-electron chi connectivity index (χ0n) is 22.4. The number of halogens is 1. The average Bonchev–Trinajstić information content (AvgIpc) is 3.42. The maximum Gasteiger partial charge on any atom is 0.242 e. The summed E-state index contributed by atoms with van der Waals surface area (Å²) in [6, 6.07) is 11.6. The summed E-state index contributed by atoms with van der Waals surface area (Å²) in [5.74, 6) is 0.643. The van der Waals surface area contributed by atoms with Crippen LogP contribution in [0.1, 0.15) is 51.0 Å². The van der Waals surface area contributed by atoms with Gasteiger partial charge in [-0.25, -0.2) is 8.42 Å². The van der Waals surface area contributed by atoms with Crippen LogP contribution in [-0.2, 0) is 26.2 Å². The molecule has 2 aromatic rings. The van der Waals surface area contributed by atoms with Gasteiger partial charge in [-0.2, -0.15) is 0 Å². The normalized spacial score (nSPS) is 16.0.